The number of amides is 2. The number of benzene rings is 1. The van der Waals surface area contributed by atoms with Crippen molar-refractivity contribution >= 4 is 49.0 Å². The second-order valence-corrected chi connectivity index (χ2v) is 13.6. The third-order valence-electron chi connectivity index (χ3n) is 5.77. The summed E-state index contributed by atoms with van der Waals surface area (Å²) in [4.78, 5) is 40.9. The molecule has 0 unspecified atom stereocenters. The van der Waals surface area contributed by atoms with Gasteiger partial charge in [-0.2, -0.15) is 17.9 Å². The van der Waals surface area contributed by atoms with Gasteiger partial charge in [0.05, 0.1) is 16.7 Å². The number of carbonyl (C=O) groups excluding carboxylic acids is 2. The predicted octanol–water partition coefficient (Wildman–Crippen LogP) is 2.80. The van der Waals surface area contributed by atoms with Gasteiger partial charge in [-0.1, -0.05) is 12.1 Å². The molecule has 17 heteroatoms. The number of fused-ring (bicyclic) bond motifs is 1. The minimum Gasteiger partial charge on any atom is -0.480 e. The van der Waals surface area contributed by atoms with Crippen molar-refractivity contribution in [3.63, 3.8) is 0 Å². The Morgan fingerprint density at radius 2 is 1.57 bits per heavy atom. The summed E-state index contributed by atoms with van der Waals surface area (Å²) < 4.78 is 90.3. The highest BCUT2D eigenvalue weighted by molar-refractivity contribution is 7.95. The van der Waals surface area contributed by atoms with E-state index < -0.39 is 68.9 Å². The number of carboxylic acids is 1. The molecule has 4 rings (SSSR count). The van der Waals surface area contributed by atoms with Crippen LogP contribution in [-0.2, 0) is 30.8 Å². The van der Waals surface area contributed by atoms with E-state index in [0.29, 0.717) is 18.3 Å². The summed E-state index contributed by atoms with van der Waals surface area (Å²) in [5, 5.41) is 8.79. The number of imide groups is 1. The van der Waals surface area contributed by atoms with E-state index in [-0.39, 0.29) is 41.9 Å². The lowest BCUT2D eigenvalue weighted by Gasteiger charge is -2.17. The lowest BCUT2D eigenvalue weighted by Crippen LogP contribution is -2.41. The van der Waals surface area contributed by atoms with Crippen LogP contribution in [-0.4, -0.2) is 62.2 Å². The molecule has 0 aliphatic carbocycles. The Hall–Kier alpha value is -3.67. The molecular weight excluding hydrogens is 599 g/mol. The highest BCUT2D eigenvalue weighted by Gasteiger charge is 2.36. The monoisotopic (exact) mass is 617 g/mol. The van der Waals surface area contributed by atoms with Crippen molar-refractivity contribution in [2.24, 2.45) is 0 Å². The second kappa shape index (κ2) is 10.7. The second-order valence-electron chi connectivity index (χ2n) is 8.42. The van der Waals surface area contributed by atoms with Crippen molar-refractivity contribution < 1.29 is 49.5 Å². The Bertz CT molecular complexity index is 1670. The predicted molar refractivity (Wildman–Crippen MR) is 132 cm³/mol. The van der Waals surface area contributed by atoms with E-state index in [1.807, 2.05) is 4.72 Å². The molecule has 40 heavy (non-hydrogen) atoms. The molecule has 1 aliphatic heterocycles. The van der Waals surface area contributed by atoms with E-state index in [9.17, 15) is 49.5 Å². The van der Waals surface area contributed by atoms with Gasteiger partial charge in [0.2, 0.25) is 9.84 Å². The zero-order chi connectivity index (χ0) is 29.5. The van der Waals surface area contributed by atoms with Gasteiger partial charge in [-0.3, -0.25) is 19.3 Å². The summed E-state index contributed by atoms with van der Waals surface area (Å²) in [6, 6.07) is 7.42. The first-order valence-electron chi connectivity index (χ1n) is 11.2. The molecule has 2 aromatic heterocycles. The molecule has 0 saturated carbocycles. The van der Waals surface area contributed by atoms with Crippen LogP contribution in [0.1, 0.15) is 39.1 Å². The molecule has 2 N–H and O–H groups in total. The number of thiophene rings is 1. The highest BCUT2D eigenvalue weighted by atomic mass is 32.3. The van der Waals surface area contributed by atoms with Gasteiger partial charge in [-0.25, -0.2) is 21.8 Å². The summed E-state index contributed by atoms with van der Waals surface area (Å²) in [7, 11) is -9.04. The summed E-state index contributed by atoms with van der Waals surface area (Å²) in [6.45, 7) is -0.167. The summed E-state index contributed by atoms with van der Waals surface area (Å²) in [5.74, 6) is -2.66. The normalized spacial score (nSPS) is 14.8. The van der Waals surface area contributed by atoms with Gasteiger partial charge in [0, 0.05) is 12.7 Å². The number of aliphatic carboxylic acids is 1. The molecule has 1 atom stereocenters. The third kappa shape index (κ3) is 5.77. The number of alkyl halides is 3. The largest absolute Gasteiger partial charge is 0.480 e. The molecule has 1 aliphatic rings. The van der Waals surface area contributed by atoms with Gasteiger partial charge >= 0.3 is 12.1 Å². The van der Waals surface area contributed by atoms with Crippen LogP contribution >= 0.6 is 11.3 Å². The molecule has 0 spiro atoms. The molecule has 212 valence electrons. The first-order chi connectivity index (χ1) is 18.6. The van der Waals surface area contributed by atoms with Crippen LogP contribution in [0.2, 0.25) is 0 Å². The highest BCUT2D eigenvalue weighted by Crippen LogP contribution is 2.32. The number of hydrogen-bond donors (Lipinski definition) is 2. The van der Waals surface area contributed by atoms with Crippen LogP contribution in [0.25, 0.3) is 0 Å². The topological polar surface area (TPSA) is 168 Å². The molecule has 0 fully saturated rings. The number of halogens is 3. The Labute approximate surface area is 229 Å². The van der Waals surface area contributed by atoms with Crippen LogP contribution in [0.4, 0.5) is 13.2 Å². The average Bonchev–Trinajstić information content (AvgIpc) is 3.49. The van der Waals surface area contributed by atoms with Gasteiger partial charge in [-0.05, 0) is 49.2 Å². The van der Waals surface area contributed by atoms with Crippen LogP contribution in [0.3, 0.4) is 0 Å². The zero-order valence-electron chi connectivity index (χ0n) is 20.0. The summed E-state index contributed by atoms with van der Waals surface area (Å²) >= 11 is 0.252. The van der Waals surface area contributed by atoms with Gasteiger partial charge in [0.15, 0.2) is 5.03 Å². The van der Waals surface area contributed by atoms with Crippen molar-refractivity contribution in [3.05, 3.63) is 71.4 Å². The maximum absolute atomic E-state index is 12.8. The Morgan fingerprint density at radius 1 is 0.975 bits per heavy atom. The number of hydrogen-bond acceptors (Lipinski definition) is 9. The Morgan fingerprint density at radius 3 is 2.10 bits per heavy atom. The molecule has 1 aromatic carbocycles. The first kappa shape index (κ1) is 29.3. The fourth-order valence-corrected chi connectivity index (χ4v) is 8.07. The fraction of sp³-hybridized carbons (Fsp3) is 0.217. The number of sulfone groups is 1. The van der Waals surface area contributed by atoms with Crippen LogP contribution in [0.5, 0.6) is 0 Å². The SMILES string of the molecule is O=C(O)[C@@H](CCCN1C(=O)c2ccccc2C1=O)NS(=O)(=O)c1ccc(S(=O)(=O)c2ccc(C(F)(F)F)cn2)s1. The molecule has 3 aromatic rings. The van der Waals surface area contributed by atoms with Crippen molar-refractivity contribution in [3.8, 4) is 0 Å². The van der Waals surface area contributed by atoms with Crippen LogP contribution < -0.4 is 4.72 Å². The quantitative estimate of drug-likeness (QED) is 0.325. The maximum Gasteiger partial charge on any atom is 0.417 e. The van der Waals surface area contributed by atoms with Gasteiger partial charge in [0.1, 0.15) is 14.5 Å². The lowest BCUT2D eigenvalue weighted by atomic mass is 10.1. The smallest absolute Gasteiger partial charge is 0.417 e. The number of aromatic nitrogens is 1. The van der Waals surface area contributed by atoms with Crippen molar-refractivity contribution in [1.29, 1.82) is 0 Å². The van der Waals surface area contributed by atoms with Crippen LogP contribution in [0.15, 0.2) is 68.2 Å². The molecule has 2 amide bonds. The van der Waals surface area contributed by atoms with E-state index in [4.69, 9.17) is 0 Å². The Balaban J connectivity index is 1.44. The number of rotatable bonds is 10. The Kier molecular flexibility index (Phi) is 7.85. The standard InChI is InChI=1S/C23H18F3N3O8S3/c24-23(25,26)13-7-8-17(27-12-13)39(34,35)18-9-10-19(38-18)40(36,37)28-16(22(32)33)6-3-11-29-20(30)14-4-1-2-5-15(14)21(29)31/h1-2,4-5,7-10,12,16,28H,3,6,11H2,(H,32,33)/t16-/m1/s1. The first-order valence-corrected chi connectivity index (χ1v) is 15.0. The number of nitrogens with one attached hydrogen (secondary N) is 1. The van der Waals surface area contributed by atoms with Crippen LogP contribution in [0, 0.1) is 0 Å². The minimum atomic E-state index is -4.74. The fourth-order valence-electron chi connectivity index (χ4n) is 3.78. The van der Waals surface area contributed by atoms with E-state index >= 15 is 0 Å². The maximum atomic E-state index is 12.8. The van der Waals surface area contributed by atoms with Gasteiger partial charge in [-0.15, -0.1) is 11.3 Å². The minimum absolute atomic E-state index is 0.0609. The molecule has 11 nitrogen and oxygen atoms in total. The van der Waals surface area contributed by atoms with E-state index in [1.165, 1.54) is 12.1 Å². The number of nitrogens with zero attached hydrogens (tertiary/aromatic N) is 2. The number of carbonyl (C=O) groups is 3. The number of carboxylic acid groups (broad SMARTS) is 1. The molecule has 3 heterocycles. The summed E-state index contributed by atoms with van der Waals surface area (Å²) in [5.41, 5.74) is -0.760. The van der Waals surface area contributed by atoms with Crippen molar-refractivity contribution in [1.82, 2.24) is 14.6 Å². The summed E-state index contributed by atoms with van der Waals surface area (Å²) in [6.07, 6.45) is -4.78. The van der Waals surface area contributed by atoms with Crippen molar-refractivity contribution in [2.75, 3.05) is 6.54 Å². The number of sulfonamides is 1. The molecular formula is C23H18F3N3O8S3. The van der Waals surface area contributed by atoms with E-state index in [1.54, 1.807) is 12.1 Å². The zero-order valence-corrected chi connectivity index (χ0v) is 22.4. The van der Waals surface area contributed by atoms with E-state index in [0.717, 1.165) is 17.0 Å². The van der Waals surface area contributed by atoms with Crippen molar-refractivity contribution in [2.45, 2.75) is 38.5 Å². The van der Waals surface area contributed by atoms with Gasteiger partial charge < -0.3 is 5.11 Å². The third-order valence-corrected chi connectivity index (χ3v) is 11.0. The van der Waals surface area contributed by atoms with E-state index in [2.05, 4.69) is 4.98 Å². The molecule has 0 bridgehead atoms. The molecule has 0 saturated heterocycles. The lowest BCUT2D eigenvalue weighted by molar-refractivity contribution is -0.139. The van der Waals surface area contributed by atoms with Gasteiger partial charge in [0.25, 0.3) is 21.8 Å². The number of pyridine rings is 1. The average molecular weight is 618 g/mol. The molecule has 0 radical (unpaired) electrons.